The van der Waals surface area contributed by atoms with Gasteiger partial charge in [-0.05, 0) is 107 Å². The van der Waals surface area contributed by atoms with E-state index < -0.39 is 0 Å². The van der Waals surface area contributed by atoms with Crippen molar-refractivity contribution in [2.24, 2.45) is 0 Å². The molecule has 0 amide bonds. The van der Waals surface area contributed by atoms with E-state index in [9.17, 15) is 0 Å². The molecule has 0 aliphatic heterocycles. The van der Waals surface area contributed by atoms with Crippen molar-refractivity contribution in [1.82, 2.24) is 0 Å². The third kappa shape index (κ3) is 26.1. The summed E-state index contributed by atoms with van der Waals surface area (Å²) >= 11 is 12.8. The molecule has 0 fully saturated rings. The summed E-state index contributed by atoms with van der Waals surface area (Å²) in [5, 5.41) is 10.4. The minimum Gasteiger partial charge on any atom is -0.472 e. The van der Waals surface area contributed by atoms with Crippen molar-refractivity contribution < 1.29 is 22.1 Å². The van der Waals surface area contributed by atoms with Gasteiger partial charge in [0, 0.05) is 70.8 Å². The van der Waals surface area contributed by atoms with Crippen LogP contribution < -0.4 is 0 Å². The van der Waals surface area contributed by atoms with Crippen LogP contribution in [0.25, 0.3) is 52.2 Å². The summed E-state index contributed by atoms with van der Waals surface area (Å²) in [4.78, 5) is 6.35. The molecule has 10 aromatic heterocycles. The molecule has 0 unspecified atom stereocenters. The number of hydrogen-bond donors (Lipinski definition) is 1. The molecule has 0 aliphatic rings. The van der Waals surface area contributed by atoms with Gasteiger partial charge in [-0.25, -0.2) is 0 Å². The fraction of sp³-hybridized carbons (Fsp3) is 0.365. The normalized spacial score (nSPS) is 9.49. The monoisotopic (exact) mass is 1110 g/mol. The van der Waals surface area contributed by atoms with Gasteiger partial charge in [0.1, 0.15) is 23.0 Å². The Morgan fingerprint density at radius 2 is 0.716 bits per heavy atom. The highest BCUT2D eigenvalue weighted by Gasteiger charge is 2.07. The third-order valence-corrected chi connectivity index (χ3v) is 14.6. The SMILES string of the molecule is CC.CC.CC.CC.CC.CCCCCCc1cc(-c2cccs2)co1.CCCCCc1cc(-c2cccs2)co1.Cc1cc(-c2cccs2)co1.SCc1cc(-c2cccs2)co1.c1csc(-c2ccoc2)c1. The van der Waals surface area contributed by atoms with Crippen molar-refractivity contribution in [3.05, 3.63) is 179 Å². The predicted molar refractivity (Wildman–Crippen MR) is 335 cm³/mol. The van der Waals surface area contributed by atoms with Crippen LogP contribution >= 0.6 is 69.3 Å². The van der Waals surface area contributed by atoms with Gasteiger partial charge in [-0.1, -0.05) is 146 Å². The highest BCUT2D eigenvalue weighted by Crippen LogP contribution is 2.30. The third-order valence-electron chi connectivity index (χ3n) is 9.70. The van der Waals surface area contributed by atoms with E-state index in [2.05, 4.69) is 108 Å². The number of unbranched alkanes of at least 4 members (excludes halogenated alkanes) is 5. The van der Waals surface area contributed by atoms with E-state index in [-0.39, 0.29) is 0 Å². The summed E-state index contributed by atoms with van der Waals surface area (Å²) in [6, 6.07) is 31.2. The molecule has 0 N–H and O–H groups in total. The Labute approximate surface area is 472 Å². The van der Waals surface area contributed by atoms with Crippen molar-refractivity contribution >= 4 is 69.3 Å². The number of furan rings is 5. The Kier molecular flexibility index (Phi) is 40.5. The Hall–Kier alpha value is -4.75. The number of hydrogen-bond acceptors (Lipinski definition) is 11. The van der Waals surface area contributed by atoms with Gasteiger partial charge in [0.25, 0.3) is 0 Å². The lowest BCUT2D eigenvalue weighted by Crippen LogP contribution is -1.82. The average Bonchev–Trinajstić information content (AvgIpc) is 4.30. The quantitative estimate of drug-likeness (QED) is 0.0818. The maximum absolute atomic E-state index is 5.58. The average molecular weight is 1120 g/mol. The van der Waals surface area contributed by atoms with Crippen LogP contribution in [0.3, 0.4) is 0 Å². The van der Waals surface area contributed by atoms with E-state index in [4.69, 9.17) is 22.1 Å². The number of aryl methyl sites for hydroxylation is 3. The summed E-state index contributed by atoms with van der Waals surface area (Å²) in [6.45, 7) is 26.4. The minimum atomic E-state index is 0.658. The number of thiol groups is 1. The molecule has 0 aromatic carbocycles. The molecule has 0 radical (unpaired) electrons. The van der Waals surface area contributed by atoms with Crippen molar-refractivity contribution in [2.75, 3.05) is 0 Å². The summed E-state index contributed by atoms with van der Waals surface area (Å²) < 4.78 is 26.5. The van der Waals surface area contributed by atoms with Crippen LogP contribution in [-0.4, -0.2) is 0 Å². The molecule has 10 aromatic rings. The highest BCUT2D eigenvalue weighted by molar-refractivity contribution is 7.79. The largest absolute Gasteiger partial charge is 0.472 e. The lowest BCUT2D eigenvalue weighted by Gasteiger charge is -1.95. The molecule has 10 rings (SSSR count). The van der Waals surface area contributed by atoms with E-state index >= 15 is 0 Å². The first-order valence-corrected chi connectivity index (χ1v) is 31.7. The van der Waals surface area contributed by atoms with Gasteiger partial charge in [-0.2, -0.15) is 12.6 Å². The zero-order chi connectivity index (χ0) is 54.6. The molecule has 11 heteroatoms. The maximum Gasteiger partial charge on any atom is 0.114 e. The van der Waals surface area contributed by atoms with Gasteiger partial charge >= 0.3 is 0 Å². The Morgan fingerprint density at radius 3 is 1.03 bits per heavy atom. The molecule has 0 saturated heterocycles. The Bertz CT molecular complexity index is 2570. The summed E-state index contributed by atoms with van der Waals surface area (Å²) in [5.74, 6) is 4.78. The second-order valence-corrected chi connectivity index (χ2v) is 19.7. The van der Waals surface area contributed by atoms with Gasteiger partial charge < -0.3 is 22.1 Å². The molecule has 0 saturated carbocycles. The second-order valence-electron chi connectivity index (χ2n) is 14.7. The number of thiophene rings is 5. The van der Waals surface area contributed by atoms with Gasteiger partial charge in [0.2, 0.25) is 0 Å². The first-order chi connectivity index (χ1) is 36.5. The fourth-order valence-corrected chi connectivity index (χ4v) is 10.0. The standard InChI is InChI=1S/C14H18OS.C13H16OS.C9H8OS2.C9H8OS.C8H6OS.5C2H6/c1-2-3-4-5-7-13-10-12(11-15-13)14-8-6-9-16-14;1-2-3-4-6-12-9-11(10-14-12)13-7-5-8-15-13;11-6-8-4-7(5-10-8)9-2-1-3-12-9;1-7-5-8(6-10-7)9-3-2-4-11-9;1-2-8(10-5-1)7-3-4-9-6-7;5*1-2/h6,8-11H,2-5,7H2,1H3;5,7-10H,2-4,6H2,1H3;1-5,11H,6H2;2-6H,1H3;1-6H;5*1-2H3. The first-order valence-electron chi connectivity index (χ1n) is 26.6. The topological polar surface area (TPSA) is 65.7 Å². The molecule has 0 aliphatic carbocycles. The van der Waals surface area contributed by atoms with E-state index in [0.29, 0.717) is 5.75 Å². The summed E-state index contributed by atoms with van der Waals surface area (Å²) in [7, 11) is 0. The van der Waals surface area contributed by atoms with Crippen molar-refractivity contribution in [3.8, 4) is 52.2 Å². The van der Waals surface area contributed by atoms with Crippen molar-refractivity contribution in [2.45, 2.75) is 154 Å². The van der Waals surface area contributed by atoms with Crippen LogP contribution in [-0.2, 0) is 18.6 Å². The van der Waals surface area contributed by atoms with Crippen LogP contribution in [0.4, 0.5) is 0 Å². The van der Waals surface area contributed by atoms with E-state index in [0.717, 1.165) is 47.0 Å². The van der Waals surface area contributed by atoms with E-state index in [1.54, 1.807) is 81.7 Å². The van der Waals surface area contributed by atoms with Crippen LogP contribution in [0, 0.1) is 6.92 Å². The number of rotatable bonds is 15. The first kappa shape index (κ1) is 67.3. The minimum absolute atomic E-state index is 0.658. The van der Waals surface area contributed by atoms with Gasteiger partial charge in [-0.3, -0.25) is 0 Å². The van der Waals surface area contributed by atoms with Crippen molar-refractivity contribution in [1.29, 1.82) is 0 Å². The molecule has 0 bridgehead atoms. The lowest BCUT2D eigenvalue weighted by molar-refractivity contribution is 0.495. The summed E-state index contributed by atoms with van der Waals surface area (Å²) in [6.07, 6.45) is 21.9. The zero-order valence-corrected chi connectivity index (χ0v) is 51.6. The second kappa shape index (κ2) is 44.5. The van der Waals surface area contributed by atoms with Crippen molar-refractivity contribution in [3.63, 3.8) is 0 Å². The fourth-order valence-electron chi connectivity index (χ4n) is 6.34. The van der Waals surface area contributed by atoms with Gasteiger partial charge in [0.15, 0.2) is 0 Å². The smallest absolute Gasteiger partial charge is 0.114 e. The molecule has 404 valence electrons. The Morgan fingerprint density at radius 1 is 0.378 bits per heavy atom. The Balaban J connectivity index is 0.000000446. The molecular weight excluding hydrogens is 1030 g/mol. The van der Waals surface area contributed by atoms with E-state index in [1.807, 2.05) is 125 Å². The lowest BCUT2D eigenvalue weighted by atomic mass is 10.1. The molecule has 74 heavy (non-hydrogen) atoms. The van der Waals surface area contributed by atoms with Crippen LogP contribution in [0.15, 0.2) is 178 Å². The molecular formula is C63H86O5S6. The van der Waals surface area contributed by atoms with E-state index in [1.165, 1.54) is 86.0 Å². The zero-order valence-electron chi connectivity index (χ0n) is 46.6. The molecule has 5 nitrogen and oxygen atoms in total. The molecule has 0 spiro atoms. The van der Waals surface area contributed by atoms with Crippen LogP contribution in [0.2, 0.25) is 0 Å². The summed E-state index contributed by atoms with van der Waals surface area (Å²) in [5.41, 5.74) is 5.93. The highest BCUT2D eigenvalue weighted by atomic mass is 32.1. The van der Waals surface area contributed by atoms with Gasteiger partial charge in [-0.15, -0.1) is 56.7 Å². The van der Waals surface area contributed by atoms with Crippen LogP contribution in [0.1, 0.15) is 151 Å². The predicted octanol–water partition coefficient (Wildman–Crippen LogP) is 24.8. The maximum atomic E-state index is 5.58. The van der Waals surface area contributed by atoms with Gasteiger partial charge in [0.05, 0.1) is 37.6 Å². The molecule has 0 atom stereocenters. The van der Waals surface area contributed by atoms with Crippen LogP contribution in [0.5, 0.6) is 0 Å². The molecule has 10 heterocycles.